The van der Waals surface area contributed by atoms with Crippen molar-refractivity contribution in [3.63, 3.8) is 0 Å². The van der Waals surface area contributed by atoms with Crippen LogP contribution >= 0.6 is 12.4 Å². The number of ether oxygens (including phenoxy) is 1. The van der Waals surface area contributed by atoms with Gasteiger partial charge in [-0.15, -0.1) is 12.4 Å². The molecule has 0 radical (unpaired) electrons. The van der Waals surface area contributed by atoms with Crippen molar-refractivity contribution in [3.8, 4) is 0 Å². The van der Waals surface area contributed by atoms with Gasteiger partial charge in [0.2, 0.25) is 5.91 Å². The highest BCUT2D eigenvalue weighted by Crippen LogP contribution is 2.15. The molecule has 1 saturated heterocycles. The molecule has 2 N–H and O–H groups in total. The number of amides is 1. The Morgan fingerprint density at radius 2 is 1.95 bits per heavy atom. The van der Waals surface area contributed by atoms with Crippen molar-refractivity contribution in [2.24, 2.45) is 5.92 Å². The molecule has 6 heteroatoms. The highest BCUT2D eigenvalue weighted by Gasteiger charge is 2.23. The zero-order chi connectivity index (χ0) is 14.8. The smallest absolute Gasteiger partial charge is 0.305 e. The van der Waals surface area contributed by atoms with E-state index in [0.29, 0.717) is 12.5 Å². The number of rotatable bonds is 8. The molecule has 0 bridgehead atoms. The van der Waals surface area contributed by atoms with Crippen LogP contribution in [0.4, 0.5) is 0 Å². The van der Waals surface area contributed by atoms with Gasteiger partial charge in [0, 0.05) is 24.9 Å². The maximum Gasteiger partial charge on any atom is 0.305 e. The van der Waals surface area contributed by atoms with Gasteiger partial charge < -0.3 is 15.4 Å². The summed E-state index contributed by atoms with van der Waals surface area (Å²) in [6.07, 6.45) is 6.27. The lowest BCUT2D eigenvalue weighted by Gasteiger charge is -2.27. The van der Waals surface area contributed by atoms with E-state index in [0.717, 1.165) is 51.6 Å². The van der Waals surface area contributed by atoms with Crippen molar-refractivity contribution in [3.05, 3.63) is 0 Å². The minimum absolute atomic E-state index is 0. The van der Waals surface area contributed by atoms with Gasteiger partial charge in [0.05, 0.1) is 7.11 Å². The van der Waals surface area contributed by atoms with Crippen LogP contribution < -0.4 is 10.6 Å². The summed E-state index contributed by atoms with van der Waals surface area (Å²) in [5.74, 6) is 0.233. The fourth-order valence-corrected chi connectivity index (χ4v) is 2.58. The zero-order valence-electron chi connectivity index (χ0n) is 13.2. The Kier molecular flexibility index (Phi) is 11.4. The quantitative estimate of drug-likeness (QED) is 0.530. The summed E-state index contributed by atoms with van der Waals surface area (Å²) >= 11 is 0. The van der Waals surface area contributed by atoms with Gasteiger partial charge >= 0.3 is 5.97 Å². The van der Waals surface area contributed by atoms with Gasteiger partial charge in [-0.25, -0.2) is 0 Å². The molecule has 0 aromatic carbocycles. The van der Waals surface area contributed by atoms with Gasteiger partial charge in [-0.1, -0.05) is 12.8 Å². The lowest BCUT2D eigenvalue weighted by atomic mass is 9.92. The molecule has 1 heterocycles. The van der Waals surface area contributed by atoms with E-state index in [1.165, 1.54) is 7.11 Å². The molecule has 0 aliphatic carbocycles. The standard InChI is InChI=1S/C15H28N2O3.ClH/c1-12-11-13(8-10-16-12)15(19)17-9-6-4-3-5-7-14(18)20-2;/h12-13,16H,3-11H2,1-2H3,(H,17,19);1H/t12-,13-;/m0./s1. The van der Waals surface area contributed by atoms with Crippen LogP contribution in [0.15, 0.2) is 0 Å². The number of nitrogens with one attached hydrogen (secondary N) is 2. The molecule has 2 atom stereocenters. The third-order valence-corrected chi connectivity index (χ3v) is 3.83. The van der Waals surface area contributed by atoms with Crippen molar-refractivity contribution in [1.82, 2.24) is 10.6 Å². The van der Waals surface area contributed by atoms with E-state index in [2.05, 4.69) is 22.3 Å². The van der Waals surface area contributed by atoms with Crippen LogP contribution in [0, 0.1) is 5.92 Å². The summed E-state index contributed by atoms with van der Waals surface area (Å²) in [5.41, 5.74) is 0. The molecule has 1 fully saturated rings. The molecule has 0 spiro atoms. The monoisotopic (exact) mass is 320 g/mol. The van der Waals surface area contributed by atoms with Crippen LogP contribution in [0.2, 0.25) is 0 Å². The number of carbonyl (C=O) groups is 2. The van der Waals surface area contributed by atoms with E-state index in [4.69, 9.17) is 0 Å². The van der Waals surface area contributed by atoms with Crippen molar-refractivity contribution < 1.29 is 14.3 Å². The third kappa shape index (κ3) is 8.94. The first kappa shape index (κ1) is 20.2. The average Bonchev–Trinajstić information content (AvgIpc) is 2.45. The van der Waals surface area contributed by atoms with Gasteiger partial charge in [-0.3, -0.25) is 9.59 Å². The van der Waals surface area contributed by atoms with Crippen LogP contribution in [0.3, 0.4) is 0 Å². The molecule has 0 unspecified atom stereocenters. The molecule has 124 valence electrons. The summed E-state index contributed by atoms with van der Waals surface area (Å²) in [5, 5.41) is 6.38. The van der Waals surface area contributed by atoms with Crippen molar-refractivity contribution in [1.29, 1.82) is 0 Å². The van der Waals surface area contributed by atoms with E-state index in [1.807, 2.05) is 0 Å². The zero-order valence-corrected chi connectivity index (χ0v) is 14.0. The topological polar surface area (TPSA) is 67.4 Å². The van der Waals surface area contributed by atoms with Crippen LogP contribution in [0.1, 0.15) is 51.9 Å². The van der Waals surface area contributed by atoms with Gasteiger partial charge in [0.1, 0.15) is 0 Å². The lowest BCUT2D eigenvalue weighted by molar-refractivity contribution is -0.140. The number of methoxy groups -OCH3 is 1. The van der Waals surface area contributed by atoms with Gasteiger partial charge in [-0.2, -0.15) is 0 Å². The molecular weight excluding hydrogens is 292 g/mol. The Bertz CT molecular complexity index is 313. The van der Waals surface area contributed by atoms with Gasteiger partial charge in [0.25, 0.3) is 0 Å². The number of carbonyl (C=O) groups excluding carboxylic acids is 2. The molecule has 1 rings (SSSR count). The lowest BCUT2D eigenvalue weighted by Crippen LogP contribution is -2.42. The summed E-state index contributed by atoms with van der Waals surface area (Å²) in [4.78, 5) is 22.9. The number of esters is 1. The maximum atomic E-state index is 12.0. The molecule has 0 aromatic rings. The minimum Gasteiger partial charge on any atom is -0.469 e. The van der Waals surface area contributed by atoms with Crippen LogP contribution in [0.25, 0.3) is 0 Å². The second kappa shape index (κ2) is 11.8. The van der Waals surface area contributed by atoms with Crippen LogP contribution in [0.5, 0.6) is 0 Å². The van der Waals surface area contributed by atoms with Gasteiger partial charge in [-0.05, 0) is 39.2 Å². The van der Waals surface area contributed by atoms with Crippen molar-refractivity contribution >= 4 is 24.3 Å². The second-order valence-electron chi connectivity index (χ2n) is 5.61. The molecule has 0 aromatic heterocycles. The number of hydrogen-bond donors (Lipinski definition) is 2. The number of piperidine rings is 1. The first-order valence-corrected chi connectivity index (χ1v) is 7.71. The largest absolute Gasteiger partial charge is 0.469 e. The first-order chi connectivity index (χ1) is 9.63. The SMILES string of the molecule is COC(=O)CCCCCCNC(=O)[C@H]1CCN[C@@H](C)C1.Cl. The molecule has 0 saturated carbocycles. The normalized spacial score (nSPS) is 21.2. The minimum atomic E-state index is -0.140. The fourth-order valence-electron chi connectivity index (χ4n) is 2.58. The Balaban J connectivity index is 0.00000400. The highest BCUT2D eigenvalue weighted by atomic mass is 35.5. The fraction of sp³-hybridized carbons (Fsp3) is 0.867. The third-order valence-electron chi connectivity index (χ3n) is 3.83. The number of hydrogen-bond acceptors (Lipinski definition) is 4. The maximum absolute atomic E-state index is 12.0. The van der Waals surface area contributed by atoms with Crippen molar-refractivity contribution in [2.75, 3.05) is 20.2 Å². The molecule has 1 amide bonds. The Hall–Kier alpha value is -0.810. The molecule has 5 nitrogen and oxygen atoms in total. The average molecular weight is 321 g/mol. The summed E-state index contributed by atoms with van der Waals surface area (Å²) in [6.45, 7) is 3.81. The van der Waals surface area contributed by atoms with E-state index in [-0.39, 0.29) is 30.2 Å². The summed E-state index contributed by atoms with van der Waals surface area (Å²) in [7, 11) is 1.42. The Morgan fingerprint density at radius 3 is 2.62 bits per heavy atom. The predicted molar refractivity (Wildman–Crippen MR) is 85.5 cm³/mol. The summed E-state index contributed by atoms with van der Waals surface area (Å²) < 4.78 is 4.58. The van der Waals surface area contributed by atoms with E-state index < -0.39 is 0 Å². The van der Waals surface area contributed by atoms with Crippen LogP contribution in [-0.4, -0.2) is 38.1 Å². The molecule has 21 heavy (non-hydrogen) atoms. The summed E-state index contributed by atoms with van der Waals surface area (Å²) in [6, 6.07) is 0.442. The number of halogens is 1. The number of unbranched alkanes of at least 4 members (excludes halogenated alkanes) is 3. The second-order valence-corrected chi connectivity index (χ2v) is 5.61. The molecule has 1 aliphatic rings. The van der Waals surface area contributed by atoms with Gasteiger partial charge in [0.15, 0.2) is 0 Å². The van der Waals surface area contributed by atoms with E-state index in [9.17, 15) is 9.59 Å². The Morgan fingerprint density at radius 1 is 1.24 bits per heavy atom. The van der Waals surface area contributed by atoms with E-state index in [1.54, 1.807) is 0 Å². The first-order valence-electron chi connectivity index (χ1n) is 7.71. The van der Waals surface area contributed by atoms with Crippen LogP contribution in [-0.2, 0) is 14.3 Å². The molecular formula is C15H29ClN2O3. The molecule has 1 aliphatic heterocycles. The predicted octanol–water partition coefficient (Wildman–Crippen LogP) is 2.04. The highest BCUT2D eigenvalue weighted by molar-refractivity contribution is 5.85. The van der Waals surface area contributed by atoms with Crippen molar-refractivity contribution in [2.45, 2.75) is 57.9 Å². The Labute approximate surface area is 134 Å². The van der Waals surface area contributed by atoms with E-state index >= 15 is 0 Å².